The molecule has 3 rings (SSSR count). The molecule has 0 spiro atoms. The number of nitrogens with one attached hydrogen (secondary N) is 1. The van der Waals surface area contributed by atoms with E-state index in [1.165, 1.54) is 23.5 Å². The van der Waals surface area contributed by atoms with Gasteiger partial charge in [-0.05, 0) is 36.1 Å². The van der Waals surface area contributed by atoms with Gasteiger partial charge in [-0.15, -0.1) is 11.3 Å². The maximum Gasteiger partial charge on any atom is 0.325 e. The van der Waals surface area contributed by atoms with Crippen LogP contribution in [0.2, 0.25) is 0 Å². The van der Waals surface area contributed by atoms with E-state index >= 15 is 0 Å². The van der Waals surface area contributed by atoms with Crippen LogP contribution in [0.3, 0.4) is 0 Å². The van der Waals surface area contributed by atoms with E-state index in [4.69, 9.17) is 0 Å². The Labute approximate surface area is 125 Å². The highest BCUT2D eigenvalue weighted by Crippen LogP contribution is 2.32. The zero-order valence-electron chi connectivity index (χ0n) is 11.3. The topological polar surface area (TPSA) is 49.4 Å². The first-order valence-electron chi connectivity index (χ1n) is 6.43. The third-order valence-corrected chi connectivity index (χ3v) is 4.61. The number of carbonyl (C=O) groups excluding carboxylic acids is 2. The highest BCUT2D eigenvalue weighted by atomic mass is 32.1. The number of amides is 3. The van der Waals surface area contributed by atoms with Crippen molar-refractivity contribution in [3.63, 3.8) is 0 Å². The van der Waals surface area contributed by atoms with Gasteiger partial charge >= 0.3 is 6.03 Å². The molecule has 1 aromatic heterocycles. The van der Waals surface area contributed by atoms with Gasteiger partial charge in [0.15, 0.2) is 5.54 Å². The minimum absolute atomic E-state index is 0.0589. The molecule has 1 aliphatic heterocycles. The highest BCUT2D eigenvalue weighted by Gasteiger charge is 2.49. The average Bonchev–Trinajstić information content (AvgIpc) is 3.04. The number of imide groups is 1. The van der Waals surface area contributed by atoms with E-state index in [1.807, 2.05) is 17.5 Å². The quantitative estimate of drug-likeness (QED) is 0.887. The van der Waals surface area contributed by atoms with Crippen molar-refractivity contribution in [1.82, 2.24) is 10.2 Å². The molecule has 1 atom stereocenters. The van der Waals surface area contributed by atoms with Crippen molar-refractivity contribution in [2.45, 2.75) is 19.0 Å². The van der Waals surface area contributed by atoms with Crippen LogP contribution >= 0.6 is 11.3 Å². The third-order valence-electron chi connectivity index (χ3n) is 3.52. The first kappa shape index (κ1) is 13.8. The van der Waals surface area contributed by atoms with Gasteiger partial charge in [0.25, 0.3) is 5.91 Å². The van der Waals surface area contributed by atoms with Crippen LogP contribution in [-0.2, 0) is 16.9 Å². The maximum atomic E-state index is 13.2. The fourth-order valence-electron chi connectivity index (χ4n) is 2.39. The number of hydrogen-bond acceptors (Lipinski definition) is 3. The smallest absolute Gasteiger partial charge is 0.319 e. The van der Waals surface area contributed by atoms with Crippen LogP contribution in [0.5, 0.6) is 0 Å². The molecule has 1 unspecified atom stereocenters. The number of benzene rings is 1. The van der Waals surface area contributed by atoms with Crippen molar-refractivity contribution in [3.8, 4) is 0 Å². The average molecular weight is 304 g/mol. The number of nitrogens with zero attached hydrogens (tertiary/aromatic N) is 1. The summed E-state index contributed by atoms with van der Waals surface area (Å²) in [5.74, 6) is -0.709. The van der Waals surface area contributed by atoms with Crippen LogP contribution < -0.4 is 5.32 Å². The molecule has 0 bridgehead atoms. The third kappa shape index (κ3) is 2.31. The molecule has 2 heterocycles. The molecule has 3 amide bonds. The molecule has 0 aliphatic carbocycles. The molecule has 1 aliphatic rings. The summed E-state index contributed by atoms with van der Waals surface area (Å²) in [6, 6.07) is 9.08. The fourth-order valence-corrected chi connectivity index (χ4v) is 3.22. The first-order valence-corrected chi connectivity index (χ1v) is 7.31. The summed E-state index contributed by atoms with van der Waals surface area (Å²) in [5, 5.41) is 4.58. The van der Waals surface area contributed by atoms with Crippen molar-refractivity contribution in [2.75, 3.05) is 0 Å². The fraction of sp³-hybridized carbons (Fsp3) is 0.200. The Morgan fingerprint density at radius 3 is 2.76 bits per heavy atom. The molecule has 1 aromatic carbocycles. The van der Waals surface area contributed by atoms with E-state index in [0.717, 1.165) is 9.78 Å². The van der Waals surface area contributed by atoms with Crippen molar-refractivity contribution < 1.29 is 14.0 Å². The molecule has 0 radical (unpaired) electrons. The van der Waals surface area contributed by atoms with Crippen molar-refractivity contribution in [2.24, 2.45) is 0 Å². The predicted octanol–water partition coefficient (Wildman–Crippen LogP) is 2.85. The van der Waals surface area contributed by atoms with Gasteiger partial charge in [0.05, 0.1) is 6.54 Å². The van der Waals surface area contributed by atoms with Crippen LogP contribution in [0.1, 0.15) is 17.4 Å². The lowest BCUT2D eigenvalue weighted by molar-refractivity contribution is -0.131. The van der Waals surface area contributed by atoms with Crippen LogP contribution in [0.4, 0.5) is 9.18 Å². The number of carbonyl (C=O) groups is 2. The summed E-state index contributed by atoms with van der Waals surface area (Å²) in [5.41, 5.74) is -0.465. The van der Waals surface area contributed by atoms with E-state index in [0.29, 0.717) is 5.56 Å². The lowest BCUT2D eigenvalue weighted by atomic mass is 10.0. The number of rotatable bonds is 3. The van der Waals surface area contributed by atoms with Gasteiger partial charge in [0.1, 0.15) is 5.82 Å². The van der Waals surface area contributed by atoms with E-state index < -0.39 is 11.6 Å². The summed E-state index contributed by atoms with van der Waals surface area (Å²) in [4.78, 5) is 26.6. The molecule has 1 fully saturated rings. The largest absolute Gasteiger partial charge is 0.325 e. The summed E-state index contributed by atoms with van der Waals surface area (Å²) >= 11 is 1.41. The van der Waals surface area contributed by atoms with Gasteiger partial charge in [-0.3, -0.25) is 9.69 Å². The standard InChI is InChI=1S/C15H13FN2O2S/c1-15(12-6-3-7-21-12)13(19)18(14(20)17-15)9-10-4-2-5-11(16)8-10/h2-8H,9H2,1H3,(H,17,20). The van der Waals surface area contributed by atoms with Crippen LogP contribution in [0.15, 0.2) is 41.8 Å². The number of hydrogen-bond donors (Lipinski definition) is 1. The molecule has 108 valence electrons. The zero-order chi connectivity index (χ0) is 15.0. The predicted molar refractivity (Wildman–Crippen MR) is 77.2 cm³/mol. The summed E-state index contributed by atoms with van der Waals surface area (Å²) in [7, 11) is 0. The summed E-state index contributed by atoms with van der Waals surface area (Å²) < 4.78 is 13.2. The lowest BCUT2D eigenvalue weighted by Crippen LogP contribution is -2.40. The van der Waals surface area contributed by atoms with Gasteiger partial charge < -0.3 is 5.32 Å². The molecule has 0 saturated carbocycles. The molecular formula is C15H13FN2O2S. The lowest BCUT2D eigenvalue weighted by Gasteiger charge is -2.20. The number of urea groups is 1. The zero-order valence-corrected chi connectivity index (χ0v) is 12.1. The summed E-state index contributed by atoms with van der Waals surface area (Å²) in [6.07, 6.45) is 0. The monoisotopic (exact) mass is 304 g/mol. The molecule has 1 saturated heterocycles. The molecule has 21 heavy (non-hydrogen) atoms. The molecule has 1 N–H and O–H groups in total. The second-order valence-electron chi connectivity index (χ2n) is 5.05. The minimum atomic E-state index is -1.04. The maximum absolute atomic E-state index is 13.2. The van der Waals surface area contributed by atoms with Gasteiger partial charge in [0.2, 0.25) is 0 Å². The molecular weight excluding hydrogens is 291 g/mol. The van der Waals surface area contributed by atoms with Gasteiger partial charge in [-0.2, -0.15) is 0 Å². The van der Waals surface area contributed by atoms with Crippen molar-refractivity contribution in [1.29, 1.82) is 0 Å². The summed E-state index contributed by atoms with van der Waals surface area (Å²) in [6.45, 7) is 1.74. The van der Waals surface area contributed by atoms with Crippen LogP contribution in [0.25, 0.3) is 0 Å². The van der Waals surface area contributed by atoms with E-state index in [2.05, 4.69) is 5.32 Å². The number of halogens is 1. The minimum Gasteiger partial charge on any atom is -0.319 e. The van der Waals surface area contributed by atoms with E-state index in [-0.39, 0.29) is 18.3 Å². The molecule has 2 aromatic rings. The van der Waals surface area contributed by atoms with Gasteiger partial charge in [0, 0.05) is 4.88 Å². The Morgan fingerprint density at radius 1 is 1.29 bits per heavy atom. The Hall–Kier alpha value is -2.21. The van der Waals surface area contributed by atoms with Crippen LogP contribution in [0, 0.1) is 5.82 Å². The van der Waals surface area contributed by atoms with Gasteiger partial charge in [-0.1, -0.05) is 18.2 Å². The Bertz CT molecular complexity index is 701. The molecule has 6 heteroatoms. The Balaban J connectivity index is 1.88. The number of thiophene rings is 1. The molecule has 4 nitrogen and oxygen atoms in total. The van der Waals surface area contributed by atoms with Crippen molar-refractivity contribution in [3.05, 3.63) is 58.0 Å². The SMILES string of the molecule is CC1(c2cccs2)NC(=O)N(Cc2cccc(F)c2)C1=O. The normalized spacial score (nSPS) is 21.7. The van der Waals surface area contributed by atoms with Crippen LogP contribution in [-0.4, -0.2) is 16.8 Å². The Morgan fingerprint density at radius 2 is 2.10 bits per heavy atom. The van der Waals surface area contributed by atoms with Gasteiger partial charge in [-0.25, -0.2) is 9.18 Å². The van der Waals surface area contributed by atoms with E-state index in [9.17, 15) is 14.0 Å². The first-order chi connectivity index (χ1) is 10.0. The second-order valence-corrected chi connectivity index (χ2v) is 6.00. The Kier molecular flexibility index (Phi) is 3.25. The van der Waals surface area contributed by atoms with E-state index in [1.54, 1.807) is 19.1 Å². The highest BCUT2D eigenvalue weighted by molar-refractivity contribution is 7.10. The van der Waals surface area contributed by atoms with Crippen molar-refractivity contribution >= 4 is 23.3 Å². The second kappa shape index (κ2) is 4.96.